The number of ether oxygens (including phenoxy) is 1. The Kier molecular flexibility index (Phi) is 11.6. The number of hydrogen-bond acceptors (Lipinski definition) is 5. The molecule has 0 aliphatic carbocycles. The minimum absolute atomic E-state index is 0.0403. The lowest BCUT2D eigenvalue weighted by molar-refractivity contribution is -0.140. The molecule has 0 saturated heterocycles. The van der Waals surface area contributed by atoms with Crippen molar-refractivity contribution in [1.29, 1.82) is 0 Å². The van der Waals surface area contributed by atoms with Crippen LogP contribution in [-0.4, -0.2) is 44.3 Å². The first-order valence-electron chi connectivity index (χ1n) is 15.9. The molecule has 48 heavy (non-hydrogen) atoms. The predicted octanol–water partition coefficient (Wildman–Crippen LogP) is 6.84. The van der Waals surface area contributed by atoms with Gasteiger partial charge in [-0.1, -0.05) is 104 Å². The van der Waals surface area contributed by atoms with Crippen molar-refractivity contribution in [3.63, 3.8) is 0 Å². The molecule has 0 fully saturated rings. The summed E-state index contributed by atoms with van der Waals surface area (Å²) in [6.07, 6.45) is 0.982. The van der Waals surface area contributed by atoms with Crippen molar-refractivity contribution in [2.24, 2.45) is 0 Å². The molecule has 1 atom stereocenters. The van der Waals surface area contributed by atoms with Gasteiger partial charge in [0.2, 0.25) is 11.8 Å². The van der Waals surface area contributed by atoms with E-state index in [2.05, 4.69) is 5.32 Å². The first-order chi connectivity index (χ1) is 23.3. The summed E-state index contributed by atoms with van der Waals surface area (Å²) in [6, 6.07) is 41.8. The van der Waals surface area contributed by atoms with Crippen LogP contribution in [0.25, 0.3) is 0 Å². The largest absolute Gasteiger partial charge is 0.457 e. The van der Waals surface area contributed by atoms with Gasteiger partial charge in [0.15, 0.2) is 0 Å². The Morgan fingerprint density at radius 2 is 1.21 bits per heavy atom. The lowest BCUT2D eigenvalue weighted by Gasteiger charge is -2.34. The van der Waals surface area contributed by atoms with Crippen molar-refractivity contribution < 1.29 is 22.7 Å². The van der Waals surface area contributed by atoms with Gasteiger partial charge in [-0.3, -0.25) is 13.9 Å². The molecule has 0 aromatic heterocycles. The third-order valence-corrected chi connectivity index (χ3v) is 9.52. The first kappa shape index (κ1) is 33.9. The van der Waals surface area contributed by atoms with Crippen molar-refractivity contribution in [2.45, 2.75) is 37.2 Å². The van der Waals surface area contributed by atoms with E-state index in [-0.39, 0.29) is 29.5 Å². The van der Waals surface area contributed by atoms with Gasteiger partial charge in [-0.2, -0.15) is 0 Å². The molecule has 1 unspecified atom stereocenters. The zero-order valence-electron chi connectivity index (χ0n) is 26.8. The second-order valence-electron chi connectivity index (χ2n) is 11.2. The Labute approximate surface area is 282 Å². The summed E-state index contributed by atoms with van der Waals surface area (Å²) in [4.78, 5) is 29.8. The smallest absolute Gasteiger partial charge is 0.264 e. The highest BCUT2D eigenvalue weighted by molar-refractivity contribution is 7.92. The van der Waals surface area contributed by atoms with E-state index in [4.69, 9.17) is 4.74 Å². The van der Waals surface area contributed by atoms with Crippen LogP contribution in [0.3, 0.4) is 0 Å². The van der Waals surface area contributed by atoms with E-state index >= 15 is 0 Å². The summed E-state index contributed by atoms with van der Waals surface area (Å²) in [6.45, 7) is 1.99. The highest BCUT2D eigenvalue weighted by Gasteiger charge is 2.34. The van der Waals surface area contributed by atoms with Crippen molar-refractivity contribution in [2.75, 3.05) is 17.4 Å². The molecule has 0 bridgehead atoms. The SMILES string of the molecule is CCCNC(=O)C(Cc1ccccc1)N(Cc1ccccc1)C(=O)CN(c1ccc(Oc2ccccc2)cc1)S(=O)(=O)c1ccccc1. The number of para-hydroxylation sites is 1. The van der Waals surface area contributed by atoms with Gasteiger partial charge in [-0.25, -0.2) is 8.42 Å². The quantitative estimate of drug-likeness (QED) is 0.133. The van der Waals surface area contributed by atoms with Crippen LogP contribution in [0.4, 0.5) is 5.69 Å². The van der Waals surface area contributed by atoms with Gasteiger partial charge in [0, 0.05) is 19.5 Å². The fraction of sp³-hybridized carbons (Fsp3) is 0.179. The van der Waals surface area contributed by atoms with Crippen molar-refractivity contribution in [3.8, 4) is 11.5 Å². The van der Waals surface area contributed by atoms with Crippen LogP contribution < -0.4 is 14.4 Å². The highest BCUT2D eigenvalue weighted by Crippen LogP contribution is 2.29. The molecule has 5 aromatic carbocycles. The summed E-state index contributed by atoms with van der Waals surface area (Å²) >= 11 is 0. The van der Waals surface area contributed by atoms with E-state index in [0.29, 0.717) is 18.0 Å². The van der Waals surface area contributed by atoms with Gasteiger partial charge < -0.3 is 15.0 Å². The van der Waals surface area contributed by atoms with Crippen LogP contribution in [0.1, 0.15) is 24.5 Å². The molecular weight excluding hydrogens is 623 g/mol. The van der Waals surface area contributed by atoms with E-state index in [1.807, 2.05) is 97.9 Å². The molecule has 1 N–H and O–H groups in total. The van der Waals surface area contributed by atoms with E-state index in [1.165, 1.54) is 17.0 Å². The standard InChI is InChI=1S/C39H39N3O5S/c1-2-27-40-39(44)37(28-31-15-7-3-8-16-31)41(29-32-17-9-4-10-18-32)38(43)30-42(48(45,46)36-21-13-6-14-22-36)33-23-25-35(26-24-33)47-34-19-11-5-12-20-34/h3-26,37H,2,27-30H2,1H3,(H,40,44). The third-order valence-electron chi connectivity index (χ3n) is 7.73. The molecule has 0 saturated carbocycles. The molecule has 9 heteroatoms. The number of rotatable bonds is 15. The fourth-order valence-electron chi connectivity index (χ4n) is 5.25. The number of carbonyl (C=O) groups is 2. The summed E-state index contributed by atoms with van der Waals surface area (Å²) in [5.74, 6) is 0.325. The molecule has 0 radical (unpaired) electrons. The summed E-state index contributed by atoms with van der Waals surface area (Å²) in [5.41, 5.74) is 1.97. The number of nitrogens with one attached hydrogen (secondary N) is 1. The van der Waals surface area contributed by atoms with E-state index < -0.39 is 28.5 Å². The molecule has 0 aliphatic rings. The van der Waals surface area contributed by atoms with E-state index in [1.54, 1.807) is 42.5 Å². The monoisotopic (exact) mass is 661 g/mol. The molecule has 5 rings (SSSR count). The van der Waals surface area contributed by atoms with Gasteiger partial charge in [0.05, 0.1) is 10.6 Å². The predicted molar refractivity (Wildman–Crippen MR) is 188 cm³/mol. The number of sulfonamides is 1. The van der Waals surface area contributed by atoms with E-state index in [9.17, 15) is 18.0 Å². The Hall–Kier alpha value is -5.41. The molecule has 2 amide bonds. The Morgan fingerprint density at radius 3 is 1.79 bits per heavy atom. The number of benzene rings is 5. The molecular formula is C39H39N3O5S. The molecule has 0 heterocycles. The fourth-order valence-corrected chi connectivity index (χ4v) is 6.69. The molecule has 5 aromatic rings. The minimum Gasteiger partial charge on any atom is -0.457 e. The number of amides is 2. The normalized spacial score (nSPS) is 11.7. The molecule has 0 spiro atoms. The van der Waals surface area contributed by atoms with Crippen molar-refractivity contribution >= 4 is 27.5 Å². The summed E-state index contributed by atoms with van der Waals surface area (Å²) < 4.78 is 35.4. The third kappa shape index (κ3) is 8.89. The van der Waals surface area contributed by atoms with Gasteiger partial charge in [0.25, 0.3) is 10.0 Å². The van der Waals surface area contributed by atoms with Crippen LogP contribution in [0.2, 0.25) is 0 Å². The minimum atomic E-state index is -4.20. The molecule has 0 aliphatic heterocycles. The van der Waals surface area contributed by atoms with Crippen LogP contribution >= 0.6 is 0 Å². The van der Waals surface area contributed by atoms with Crippen LogP contribution in [-0.2, 0) is 32.6 Å². The first-order valence-corrected chi connectivity index (χ1v) is 17.3. The van der Waals surface area contributed by atoms with Crippen LogP contribution in [0.15, 0.2) is 150 Å². The van der Waals surface area contributed by atoms with Gasteiger partial charge in [0.1, 0.15) is 24.1 Å². The van der Waals surface area contributed by atoms with Crippen molar-refractivity contribution in [1.82, 2.24) is 10.2 Å². The van der Waals surface area contributed by atoms with Gasteiger partial charge in [-0.15, -0.1) is 0 Å². The summed E-state index contributed by atoms with van der Waals surface area (Å²) in [5, 5.41) is 2.96. The average Bonchev–Trinajstić information content (AvgIpc) is 3.13. The van der Waals surface area contributed by atoms with Gasteiger partial charge in [-0.05, 0) is 66.1 Å². The maximum Gasteiger partial charge on any atom is 0.264 e. The number of hydrogen-bond donors (Lipinski definition) is 1. The second-order valence-corrected chi connectivity index (χ2v) is 13.1. The number of nitrogens with zero attached hydrogens (tertiary/aromatic N) is 2. The number of carbonyl (C=O) groups excluding carboxylic acids is 2. The zero-order chi connectivity index (χ0) is 33.8. The Morgan fingerprint density at radius 1 is 0.688 bits per heavy atom. The maximum atomic E-state index is 14.5. The Balaban J connectivity index is 1.53. The topological polar surface area (TPSA) is 96.0 Å². The molecule has 246 valence electrons. The Bertz CT molecular complexity index is 1860. The van der Waals surface area contributed by atoms with Crippen LogP contribution in [0, 0.1) is 0 Å². The average molecular weight is 662 g/mol. The number of anilines is 1. The summed E-state index contributed by atoms with van der Waals surface area (Å²) in [7, 11) is -4.20. The van der Waals surface area contributed by atoms with E-state index in [0.717, 1.165) is 21.9 Å². The van der Waals surface area contributed by atoms with Gasteiger partial charge >= 0.3 is 0 Å². The van der Waals surface area contributed by atoms with Crippen LogP contribution in [0.5, 0.6) is 11.5 Å². The maximum absolute atomic E-state index is 14.5. The molecule has 8 nitrogen and oxygen atoms in total. The lowest BCUT2D eigenvalue weighted by atomic mass is 10.0. The lowest BCUT2D eigenvalue weighted by Crippen LogP contribution is -2.53. The second kappa shape index (κ2) is 16.4. The van der Waals surface area contributed by atoms with Crippen molar-refractivity contribution in [3.05, 3.63) is 157 Å². The zero-order valence-corrected chi connectivity index (χ0v) is 27.6. The highest BCUT2D eigenvalue weighted by atomic mass is 32.2.